The van der Waals surface area contributed by atoms with Crippen molar-refractivity contribution in [2.24, 2.45) is 5.92 Å². The predicted octanol–water partition coefficient (Wildman–Crippen LogP) is 2.58. The summed E-state index contributed by atoms with van der Waals surface area (Å²) in [4.78, 5) is 12.2. The van der Waals surface area contributed by atoms with Crippen LogP contribution in [0.4, 0.5) is 0 Å². The number of carbonyl (C=O) groups is 1. The lowest BCUT2D eigenvalue weighted by Crippen LogP contribution is -2.45. The summed E-state index contributed by atoms with van der Waals surface area (Å²) in [5.41, 5.74) is 1.16. The summed E-state index contributed by atoms with van der Waals surface area (Å²) >= 11 is 0. The summed E-state index contributed by atoms with van der Waals surface area (Å²) in [7, 11) is -3.23. The van der Waals surface area contributed by atoms with Gasteiger partial charge in [-0.25, -0.2) is 12.7 Å². The van der Waals surface area contributed by atoms with Crippen LogP contribution in [-0.2, 0) is 21.2 Å². The Labute approximate surface area is 151 Å². The van der Waals surface area contributed by atoms with Crippen LogP contribution in [-0.4, -0.2) is 43.5 Å². The van der Waals surface area contributed by atoms with Crippen LogP contribution in [0, 0.1) is 5.92 Å². The van der Waals surface area contributed by atoms with Gasteiger partial charge in [-0.2, -0.15) is 0 Å². The highest BCUT2D eigenvalue weighted by Gasteiger charge is 2.30. The lowest BCUT2D eigenvalue weighted by molar-refractivity contribution is -0.126. The van der Waals surface area contributed by atoms with Gasteiger partial charge >= 0.3 is 0 Å². The molecule has 1 aromatic rings. The highest BCUT2D eigenvalue weighted by molar-refractivity contribution is 7.89. The van der Waals surface area contributed by atoms with Gasteiger partial charge in [-0.15, -0.1) is 0 Å². The van der Waals surface area contributed by atoms with Gasteiger partial charge in [0, 0.05) is 25.0 Å². The number of hydrogen-bond acceptors (Lipinski definition) is 3. The summed E-state index contributed by atoms with van der Waals surface area (Å²) in [5.74, 6) is 0.172. The molecule has 0 saturated carbocycles. The molecule has 1 N–H and O–H groups in total. The number of sulfonamides is 1. The van der Waals surface area contributed by atoms with E-state index in [9.17, 15) is 13.2 Å². The third kappa shape index (κ3) is 6.12. The number of nitrogens with zero attached hydrogens (tertiary/aromatic N) is 1. The molecule has 0 bridgehead atoms. The predicted molar refractivity (Wildman–Crippen MR) is 101 cm³/mol. The number of piperidine rings is 1. The molecule has 1 aromatic carbocycles. The number of carbonyl (C=O) groups excluding carboxylic acids is 1. The van der Waals surface area contributed by atoms with E-state index >= 15 is 0 Å². The van der Waals surface area contributed by atoms with Crippen LogP contribution in [0.15, 0.2) is 30.3 Å². The fourth-order valence-corrected chi connectivity index (χ4v) is 4.63. The first-order chi connectivity index (χ1) is 11.9. The van der Waals surface area contributed by atoms with E-state index in [-0.39, 0.29) is 23.6 Å². The van der Waals surface area contributed by atoms with Gasteiger partial charge in [0.15, 0.2) is 0 Å². The Morgan fingerprint density at radius 2 is 1.88 bits per heavy atom. The fourth-order valence-electron chi connectivity index (χ4n) is 3.09. The minimum atomic E-state index is -3.23. The maximum Gasteiger partial charge on any atom is 0.223 e. The number of aryl methyl sites for hydroxylation is 1. The molecule has 6 heteroatoms. The second-order valence-electron chi connectivity index (χ2n) is 6.90. The van der Waals surface area contributed by atoms with Gasteiger partial charge in [-0.05, 0) is 44.6 Å². The molecule has 0 aliphatic carbocycles. The highest BCUT2D eigenvalue weighted by Crippen LogP contribution is 2.21. The minimum Gasteiger partial charge on any atom is -0.353 e. The van der Waals surface area contributed by atoms with Crippen molar-refractivity contribution >= 4 is 15.9 Å². The molecule has 0 unspecified atom stereocenters. The smallest absolute Gasteiger partial charge is 0.223 e. The molecule has 1 fully saturated rings. The lowest BCUT2D eigenvalue weighted by atomic mass is 9.97. The topological polar surface area (TPSA) is 66.5 Å². The normalized spacial score (nSPS) is 18.0. The SMILES string of the molecule is CC[C@H](C)NC(=O)C1CCN(S(=O)(=O)CCCc2ccccc2)CC1. The van der Waals surface area contributed by atoms with Crippen molar-refractivity contribution < 1.29 is 13.2 Å². The second-order valence-corrected chi connectivity index (χ2v) is 8.98. The van der Waals surface area contributed by atoms with Crippen molar-refractivity contribution in [3.8, 4) is 0 Å². The van der Waals surface area contributed by atoms with Gasteiger partial charge in [0.1, 0.15) is 0 Å². The Hall–Kier alpha value is -1.40. The molecule has 1 aliphatic rings. The van der Waals surface area contributed by atoms with Crippen LogP contribution in [0.5, 0.6) is 0 Å². The van der Waals surface area contributed by atoms with Crippen molar-refractivity contribution in [3.05, 3.63) is 35.9 Å². The summed E-state index contributed by atoms with van der Waals surface area (Å²) in [6.45, 7) is 4.93. The van der Waals surface area contributed by atoms with Gasteiger partial charge < -0.3 is 5.32 Å². The second kappa shape index (κ2) is 9.34. The van der Waals surface area contributed by atoms with Crippen molar-refractivity contribution in [3.63, 3.8) is 0 Å². The molecule has 1 saturated heterocycles. The number of rotatable bonds is 8. The average molecular weight is 367 g/mol. The number of amides is 1. The summed E-state index contributed by atoms with van der Waals surface area (Å²) in [6, 6.07) is 10.1. The lowest BCUT2D eigenvalue weighted by Gasteiger charge is -2.31. The standard InChI is InChI=1S/C19H30N2O3S/c1-3-16(2)20-19(22)18-11-13-21(14-12-18)25(23,24)15-7-10-17-8-5-4-6-9-17/h4-6,8-9,16,18H,3,7,10-15H2,1-2H3,(H,20,22)/t16-/m0/s1. The van der Waals surface area contributed by atoms with Crippen molar-refractivity contribution in [1.82, 2.24) is 9.62 Å². The first-order valence-corrected chi connectivity index (χ1v) is 10.9. The molecule has 1 heterocycles. The van der Waals surface area contributed by atoms with Gasteiger partial charge in [0.25, 0.3) is 0 Å². The van der Waals surface area contributed by atoms with Gasteiger partial charge in [0.2, 0.25) is 15.9 Å². The van der Waals surface area contributed by atoms with Crippen molar-refractivity contribution in [2.75, 3.05) is 18.8 Å². The van der Waals surface area contributed by atoms with Gasteiger partial charge in [-0.3, -0.25) is 4.79 Å². The molecule has 1 aliphatic heterocycles. The summed E-state index contributed by atoms with van der Waals surface area (Å²) in [5, 5.41) is 3.00. The van der Waals surface area contributed by atoms with Gasteiger partial charge in [-0.1, -0.05) is 37.3 Å². The molecular formula is C19H30N2O3S. The van der Waals surface area contributed by atoms with Crippen LogP contribution in [0.2, 0.25) is 0 Å². The Kier molecular flexibility index (Phi) is 7.44. The van der Waals surface area contributed by atoms with E-state index in [4.69, 9.17) is 0 Å². The first kappa shape index (κ1) is 19.9. The Bertz CT molecular complexity index is 638. The maximum absolute atomic E-state index is 12.5. The molecule has 0 spiro atoms. The minimum absolute atomic E-state index is 0.0650. The van der Waals surface area contributed by atoms with Crippen LogP contribution in [0.1, 0.15) is 45.1 Å². The van der Waals surface area contributed by atoms with E-state index in [1.807, 2.05) is 44.2 Å². The number of benzene rings is 1. The van der Waals surface area contributed by atoms with E-state index in [1.54, 1.807) is 4.31 Å². The molecule has 0 aromatic heterocycles. The van der Waals surface area contributed by atoms with E-state index in [0.717, 1.165) is 18.4 Å². The third-order valence-electron chi connectivity index (χ3n) is 4.93. The zero-order valence-electron chi connectivity index (χ0n) is 15.3. The van der Waals surface area contributed by atoms with E-state index in [0.29, 0.717) is 32.4 Å². The largest absolute Gasteiger partial charge is 0.353 e. The number of nitrogens with one attached hydrogen (secondary N) is 1. The first-order valence-electron chi connectivity index (χ1n) is 9.24. The highest BCUT2D eigenvalue weighted by atomic mass is 32.2. The Morgan fingerprint density at radius 1 is 1.24 bits per heavy atom. The van der Waals surface area contributed by atoms with Crippen molar-refractivity contribution in [1.29, 1.82) is 0 Å². The zero-order chi connectivity index (χ0) is 18.3. The van der Waals surface area contributed by atoms with E-state index < -0.39 is 10.0 Å². The molecule has 1 amide bonds. The fraction of sp³-hybridized carbons (Fsp3) is 0.632. The van der Waals surface area contributed by atoms with Crippen molar-refractivity contribution in [2.45, 2.75) is 52.0 Å². The van der Waals surface area contributed by atoms with Crippen LogP contribution in [0.25, 0.3) is 0 Å². The van der Waals surface area contributed by atoms with Gasteiger partial charge in [0.05, 0.1) is 5.75 Å². The quantitative estimate of drug-likeness (QED) is 0.769. The summed E-state index contributed by atoms with van der Waals surface area (Å²) < 4.78 is 26.6. The van der Waals surface area contributed by atoms with Crippen LogP contribution < -0.4 is 5.32 Å². The molecular weight excluding hydrogens is 336 g/mol. The van der Waals surface area contributed by atoms with Crippen LogP contribution in [0.3, 0.4) is 0 Å². The average Bonchev–Trinajstić information content (AvgIpc) is 2.62. The molecule has 140 valence electrons. The molecule has 25 heavy (non-hydrogen) atoms. The molecule has 1 atom stereocenters. The Morgan fingerprint density at radius 3 is 2.48 bits per heavy atom. The van der Waals surface area contributed by atoms with Crippen LogP contribution >= 0.6 is 0 Å². The molecule has 5 nitrogen and oxygen atoms in total. The zero-order valence-corrected chi connectivity index (χ0v) is 16.1. The van der Waals surface area contributed by atoms with E-state index in [2.05, 4.69) is 5.32 Å². The number of hydrogen-bond donors (Lipinski definition) is 1. The third-order valence-corrected chi connectivity index (χ3v) is 6.89. The van der Waals surface area contributed by atoms with E-state index in [1.165, 1.54) is 0 Å². The monoisotopic (exact) mass is 366 g/mol. The molecule has 2 rings (SSSR count). The Balaban J connectivity index is 1.77. The molecule has 0 radical (unpaired) electrons. The maximum atomic E-state index is 12.5. The summed E-state index contributed by atoms with van der Waals surface area (Å²) in [6.07, 6.45) is 3.52.